The summed E-state index contributed by atoms with van der Waals surface area (Å²) in [5.74, 6) is 3.11. The van der Waals surface area contributed by atoms with Crippen LogP contribution in [0.1, 0.15) is 13.8 Å². The Kier molecular flexibility index (Phi) is 5.30. The van der Waals surface area contributed by atoms with E-state index in [1.54, 1.807) is 6.20 Å². The average molecular weight is 435 g/mol. The zero-order valence-corrected chi connectivity index (χ0v) is 18.0. The summed E-state index contributed by atoms with van der Waals surface area (Å²) in [5, 5.41) is 8.63. The third kappa shape index (κ3) is 4.25. The van der Waals surface area contributed by atoms with Crippen LogP contribution in [0.15, 0.2) is 59.6 Å². The molecule has 0 unspecified atom stereocenters. The molecule has 1 aliphatic rings. The summed E-state index contributed by atoms with van der Waals surface area (Å²) in [5.41, 5.74) is 2.79. The Morgan fingerprint density at radius 3 is 2.77 bits per heavy atom. The summed E-state index contributed by atoms with van der Waals surface area (Å²) in [7, 11) is 0. The Morgan fingerprint density at radius 1 is 1.03 bits per heavy atom. The number of nitrogens with zero attached hydrogens (tertiary/aromatic N) is 2. The molecule has 31 heavy (non-hydrogen) atoms. The van der Waals surface area contributed by atoms with Gasteiger partial charge in [0.15, 0.2) is 11.5 Å². The smallest absolute Gasteiger partial charge is 0.162 e. The highest BCUT2D eigenvalue weighted by atomic mass is 32.2. The van der Waals surface area contributed by atoms with Crippen LogP contribution in [0.3, 0.4) is 0 Å². The molecule has 0 radical (unpaired) electrons. The first-order valence-corrected chi connectivity index (χ1v) is 10.9. The van der Waals surface area contributed by atoms with Crippen LogP contribution in [0, 0.1) is 0 Å². The molecule has 0 amide bonds. The number of anilines is 1. The second-order valence-electron chi connectivity index (χ2n) is 7.39. The van der Waals surface area contributed by atoms with Gasteiger partial charge in [0.05, 0.1) is 11.6 Å². The fourth-order valence-corrected chi connectivity index (χ4v) is 4.03. The van der Waals surface area contributed by atoms with Crippen LogP contribution in [0.5, 0.6) is 17.2 Å². The van der Waals surface area contributed by atoms with Gasteiger partial charge in [0.2, 0.25) is 0 Å². The summed E-state index contributed by atoms with van der Waals surface area (Å²) in [4.78, 5) is 5.45. The van der Waals surface area contributed by atoms with Crippen molar-refractivity contribution in [2.75, 3.05) is 17.9 Å². The number of benzene rings is 2. The molecule has 2 N–H and O–H groups in total. The van der Waals surface area contributed by atoms with Crippen LogP contribution in [0.25, 0.3) is 22.2 Å². The molecular formula is C23H22N4O3S. The fourth-order valence-electron chi connectivity index (χ4n) is 3.39. The van der Waals surface area contributed by atoms with Gasteiger partial charge in [-0.3, -0.25) is 5.10 Å². The monoisotopic (exact) mass is 434 g/mol. The number of hydrogen-bond acceptors (Lipinski definition) is 7. The SMILES string of the molecule is CC(C)Oc1ccc2[nH]nc(-c3ccnc(NSc4ccc5c(c4)OCCO5)c3)c2c1. The lowest BCUT2D eigenvalue weighted by Gasteiger charge is -2.18. The number of pyridine rings is 1. The summed E-state index contributed by atoms with van der Waals surface area (Å²) in [6, 6.07) is 15.8. The quantitative estimate of drug-likeness (QED) is 0.398. The fraction of sp³-hybridized carbons (Fsp3) is 0.217. The van der Waals surface area contributed by atoms with Crippen LogP contribution < -0.4 is 18.9 Å². The predicted octanol–water partition coefficient (Wildman–Crippen LogP) is 5.30. The van der Waals surface area contributed by atoms with Gasteiger partial charge >= 0.3 is 0 Å². The number of ether oxygens (including phenoxy) is 3. The van der Waals surface area contributed by atoms with Crippen molar-refractivity contribution < 1.29 is 14.2 Å². The van der Waals surface area contributed by atoms with Crippen molar-refractivity contribution in [1.82, 2.24) is 15.2 Å². The zero-order chi connectivity index (χ0) is 21.2. The van der Waals surface area contributed by atoms with Crippen molar-refractivity contribution in [2.45, 2.75) is 24.8 Å². The van der Waals surface area contributed by atoms with E-state index in [4.69, 9.17) is 14.2 Å². The number of nitrogens with one attached hydrogen (secondary N) is 2. The molecular weight excluding hydrogens is 412 g/mol. The van der Waals surface area contributed by atoms with Gasteiger partial charge in [-0.25, -0.2) is 4.98 Å². The van der Waals surface area contributed by atoms with Crippen LogP contribution in [-0.4, -0.2) is 34.5 Å². The standard InChI is InChI=1S/C23H22N4O3S/c1-14(2)30-16-3-5-19-18(12-16)23(26-25-19)15-7-8-24-22(11-15)27-31-17-4-6-20-21(13-17)29-10-9-28-20/h3-8,11-14H,9-10H2,1-2H3,(H,24,27)(H,25,26). The molecule has 158 valence electrons. The molecule has 4 aromatic rings. The minimum Gasteiger partial charge on any atom is -0.491 e. The molecule has 2 aromatic heterocycles. The first-order chi connectivity index (χ1) is 15.2. The van der Waals surface area contributed by atoms with Crippen molar-refractivity contribution >= 4 is 28.7 Å². The van der Waals surface area contributed by atoms with E-state index in [9.17, 15) is 0 Å². The van der Waals surface area contributed by atoms with Gasteiger partial charge in [0, 0.05) is 22.0 Å². The van der Waals surface area contributed by atoms with Crippen molar-refractivity contribution in [3.8, 4) is 28.5 Å². The predicted molar refractivity (Wildman–Crippen MR) is 122 cm³/mol. The third-order valence-corrected chi connectivity index (χ3v) is 5.53. The van der Waals surface area contributed by atoms with E-state index in [-0.39, 0.29) is 6.10 Å². The second-order valence-corrected chi connectivity index (χ2v) is 8.27. The van der Waals surface area contributed by atoms with Crippen LogP contribution in [-0.2, 0) is 0 Å². The van der Waals surface area contributed by atoms with Gasteiger partial charge in [0.1, 0.15) is 30.5 Å². The van der Waals surface area contributed by atoms with Crippen molar-refractivity contribution in [3.05, 3.63) is 54.7 Å². The number of H-pyrrole nitrogens is 1. The lowest BCUT2D eigenvalue weighted by Crippen LogP contribution is -2.15. The largest absolute Gasteiger partial charge is 0.491 e. The van der Waals surface area contributed by atoms with Crippen molar-refractivity contribution in [1.29, 1.82) is 0 Å². The summed E-state index contributed by atoms with van der Waals surface area (Å²) in [6.45, 7) is 5.18. The highest BCUT2D eigenvalue weighted by Gasteiger charge is 2.13. The summed E-state index contributed by atoms with van der Waals surface area (Å²) < 4.78 is 20.4. The highest BCUT2D eigenvalue weighted by molar-refractivity contribution is 8.00. The lowest BCUT2D eigenvalue weighted by molar-refractivity contribution is 0.171. The second kappa shape index (κ2) is 8.39. The molecule has 0 atom stereocenters. The van der Waals surface area contributed by atoms with Crippen molar-refractivity contribution in [2.24, 2.45) is 0 Å². The number of hydrogen-bond donors (Lipinski definition) is 2. The van der Waals surface area contributed by atoms with Crippen LogP contribution in [0.4, 0.5) is 5.82 Å². The molecule has 3 heterocycles. The van der Waals surface area contributed by atoms with E-state index in [1.165, 1.54) is 11.9 Å². The maximum absolute atomic E-state index is 5.84. The van der Waals surface area contributed by atoms with E-state index in [2.05, 4.69) is 19.9 Å². The molecule has 7 nitrogen and oxygen atoms in total. The zero-order valence-electron chi connectivity index (χ0n) is 17.2. The molecule has 0 fully saturated rings. The van der Waals surface area contributed by atoms with Gasteiger partial charge in [0.25, 0.3) is 0 Å². The van der Waals surface area contributed by atoms with Gasteiger partial charge in [-0.1, -0.05) is 0 Å². The van der Waals surface area contributed by atoms with Gasteiger partial charge in [-0.05, 0) is 74.3 Å². The molecule has 2 aromatic carbocycles. The van der Waals surface area contributed by atoms with Crippen LogP contribution >= 0.6 is 11.9 Å². The lowest BCUT2D eigenvalue weighted by atomic mass is 10.1. The molecule has 8 heteroatoms. The van der Waals surface area contributed by atoms with Gasteiger partial charge < -0.3 is 18.9 Å². The maximum atomic E-state index is 5.84. The molecule has 0 spiro atoms. The number of rotatable bonds is 6. The van der Waals surface area contributed by atoms with E-state index in [1.807, 2.05) is 62.4 Å². The Labute approximate surface area is 184 Å². The molecule has 0 saturated heterocycles. The average Bonchev–Trinajstić information content (AvgIpc) is 3.20. The number of fused-ring (bicyclic) bond motifs is 2. The topological polar surface area (TPSA) is 81.3 Å². The van der Waals surface area contributed by atoms with E-state index < -0.39 is 0 Å². The number of aromatic amines is 1. The highest BCUT2D eigenvalue weighted by Crippen LogP contribution is 2.35. The summed E-state index contributed by atoms with van der Waals surface area (Å²) in [6.07, 6.45) is 1.89. The number of aromatic nitrogens is 3. The van der Waals surface area contributed by atoms with E-state index in [0.29, 0.717) is 13.2 Å². The molecule has 0 saturated carbocycles. The minimum absolute atomic E-state index is 0.113. The third-order valence-electron chi connectivity index (χ3n) is 4.73. The first kappa shape index (κ1) is 19.6. The van der Waals surface area contributed by atoms with E-state index >= 15 is 0 Å². The normalized spacial score (nSPS) is 12.9. The Hall–Kier alpha value is -3.39. The van der Waals surface area contributed by atoms with Crippen LogP contribution in [0.2, 0.25) is 0 Å². The van der Waals surface area contributed by atoms with Gasteiger partial charge in [-0.15, -0.1) is 0 Å². The molecule has 1 aliphatic heterocycles. The van der Waals surface area contributed by atoms with Gasteiger partial charge in [-0.2, -0.15) is 5.10 Å². The Morgan fingerprint density at radius 2 is 1.90 bits per heavy atom. The summed E-state index contributed by atoms with van der Waals surface area (Å²) >= 11 is 1.47. The molecule has 0 aliphatic carbocycles. The maximum Gasteiger partial charge on any atom is 0.162 e. The van der Waals surface area contributed by atoms with E-state index in [0.717, 1.165) is 50.1 Å². The Balaban J connectivity index is 1.37. The molecule has 5 rings (SSSR count). The minimum atomic E-state index is 0.113. The van der Waals surface area contributed by atoms with Crippen molar-refractivity contribution in [3.63, 3.8) is 0 Å². The first-order valence-electron chi connectivity index (χ1n) is 10.1. The molecule has 0 bridgehead atoms. The Bertz CT molecular complexity index is 1220.